The average Bonchev–Trinajstić information content (AvgIpc) is 2.79. The lowest BCUT2D eigenvalue weighted by Gasteiger charge is -2.32. The van der Waals surface area contributed by atoms with Gasteiger partial charge in [-0.1, -0.05) is 80.2 Å². The Morgan fingerprint density at radius 2 is 0.844 bits per heavy atom. The Morgan fingerprint density at radius 1 is 0.500 bits per heavy atom. The molecule has 160 valence electrons. The fourth-order valence-electron chi connectivity index (χ4n) is 4.04. The monoisotopic (exact) mass is 478 g/mol. The molecule has 0 radical (unpaired) electrons. The van der Waals surface area contributed by atoms with Crippen LogP contribution in [-0.2, 0) is 9.13 Å². The van der Waals surface area contributed by atoms with Crippen LogP contribution in [0.4, 0.5) is 0 Å². The molecule has 0 spiro atoms. The summed E-state index contributed by atoms with van der Waals surface area (Å²) in [7, 11) is 0. The molecule has 7 heteroatoms. The first-order chi connectivity index (χ1) is 15.1. The summed E-state index contributed by atoms with van der Waals surface area (Å²) in [6.45, 7) is -7.22. The second-order valence-electron chi connectivity index (χ2n) is 7.29. The third-order valence-electron chi connectivity index (χ3n) is 5.40. The highest BCUT2D eigenvalue weighted by Gasteiger charge is 2.48. The third-order valence-corrected chi connectivity index (χ3v) is 15.5. The molecule has 0 aromatic heterocycles. The normalized spacial score (nSPS) is 22.0. The van der Waals surface area contributed by atoms with Gasteiger partial charge in [-0.15, -0.1) is 0 Å². The minimum absolute atomic E-state index is 0. The molecule has 0 saturated carbocycles. The minimum atomic E-state index is -3.61. The predicted molar refractivity (Wildman–Crippen MR) is 134 cm³/mol. The van der Waals surface area contributed by atoms with Crippen LogP contribution < -0.4 is 19.7 Å². The molecule has 2 unspecified atom stereocenters. The van der Waals surface area contributed by atoms with E-state index in [1.807, 2.05) is 72.8 Å². The van der Waals surface area contributed by atoms with Gasteiger partial charge < -0.3 is 9.05 Å². The zero-order valence-electron chi connectivity index (χ0n) is 16.2. The second kappa shape index (κ2) is 7.71. The van der Waals surface area contributed by atoms with Gasteiger partial charge in [0.25, 0.3) is 0 Å². The quantitative estimate of drug-likeness (QED) is 0.279. The smallest absolute Gasteiger partial charge is 0.344 e. The van der Waals surface area contributed by atoms with Crippen LogP contribution in [0.3, 0.4) is 0 Å². The first kappa shape index (κ1) is 21.2. The van der Waals surface area contributed by atoms with E-state index in [-0.39, 0.29) is 7.43 Å². The fourth-order valence-corrected chi connectivity index (χ4v) is 14.9. The Balaban J connectivity index is 0.00000216. The molecule has 4 aromatic rings. The van der Waals surface area contributed by atoms with Crippen LogP contribution in [0.1, 0.15) is 7.43 Å². The molecule has 2 atom stereocenters. The molecule has 2 heterocycles. The summed E-state index contributed by atoms with van der Waals surface area (Å²) in [6.07, 6.45) is 0. The highest BCUT2D eigenvalue weighted by atomic mass is 33.1. The molecular weight excluding hydrogens is 458 g/mol. The van der Waals surface area contributed by atoms with Gasteiger partial charge >= 0.3 is 13.1 Å². The maximum atomic E-state index is 14.3. The van der Waals surface area contributed by atoms with Crippen molar-refractivity contribution in [1.29, 1.82) is 0 Å². The summed E-state index contributed by atoms with van der Waals surface area (Å²) in [5.74, 6) is 1.05. The van der Waals surface area contributed by atoms with E-state index in [0.29, 0.717) is 22.1 Å². The van der Waals surface area contributed by atoms with Gasteiger partial charge in [0.05, 0.1) is 21.6 Å². The summed E-state index contributed by atoms with van der Waals surface area (Å²) < 4.78 is 40.8. The number of para-hydroxylation sites is 2. The Hall–Kier alpha value is -2.71. The fraction of sp³-hybridized carbons (Fsp3) is 0.0400. The van der Waals surface area contributed by atoms with E-state index < -0.39 is 13.1 Å². The number of fused-ring (bicyclic) bond motifs is 6. The lowest BCUT2D eigenvalue weighted by atomic mass is 10.0. The van der Waals surface area contributed by atoms with Gasteiger partial charge in [0.2, 0.25) is 0 Å². The number of hydrogen-bond acceptors (Lipinski definition) is 5. The molecule has 6 rings (SSSR count). The highest BCUT2D eigenvalue weighted by Crippen LogP contribution is 2.79. The Bertz CT molecular complexity index is 1340. The average molecular weight is 478 g/mol. The van der Waals surface area contributed by atoms with Gasteiger partial charge in [-0.2, -0.15) is 0 Å². The zero-order valence-corrected chi connectivity index (χ0v) is 18.8. The van der Waals surface area contributed by atoms with Crippen LogP contribution in [0, 0.1) is 0 Å². The van der Waals surface area contributed by atoms with E-state index in [1.54, 1.807) is 24.3 Å². The van der Waals surface area contributed by atoms with Crippen molar-refractivity contribution in [2.45, 2.75) is 7.43 Å². The zero-order chi connectivity index (χ0) is 21.1. The van der Waals surface area contributed by atoms with E-state index in [1.165, 1.54) is 0 Å². The van der Waals surface area contributed by atoms with E-state index in [4.69, 9.17) is 9.05 Å². The highest BCUT2D eigenvalue weighted by molar-refractivity contribution is 8.88. The van der Waals surface area contributed by atoms with Crippen molar-refractivity contribution < 1.29 is 18.2 Å². The van der Waals surface area contributed by atoms with Crippen LogP contribution in [-0.4, -0.2) is 0 Å². The van der Waals surface area contributed by atoms with Crippen molar-refractivity contribution in [2.24, 2.45) is 0 Å². The molecule has 4 nitrogen and oxygen atoms in total. The predicted octanol–water partition coefficient (Wildman–Crippen LogP) is 7.51. The topological polar surface area (TPSA) is 52.6 Å². The summed E-state index contributed by atoms with van der Waals surface area (Å²) in [4.78, 5) is 0. The van der Waals surface area contributed by atoms with E-state index in [0.717, 1.165) is 33.3 Å². The van der Waals surface area contributed by atoms with E-state index in [9.17, 15) is 9.13 Å². The maximum Gasteiger partial charge on any atom is 0.344 e. The van der Waals surface area contributed by atoms with Crippen molar-refractivity contribution in [1.82, 2.24) is 0 Å². The standard InChI is InChI=1S/C24H16O4P2S.CH4/c25-29(23-15-7-3-11-19(23)17-9-1-5-13-21(17)27-29)31-30(26)24-16-8-4-12-20(24)18-10-2-6-14-22(18)28-30;/h1-16H;1H4. The van der Waals surface area contributed by atoms with Crippen LogP contribution in [0.25, 0.3) is 22.3 Å². The van der Waals surface area contributed by atoms with Gasteiger partial charge in [-0.25, -0.2) is 0 Å². The van der Waals surface area contributed by atoms with Crippen LogP contribution >= 0.6 is 24.1 Å². The lowest BCUT2D eigenvalue weighted by Crippen LogP contribution is -2.19. The van der Waals surface area contributed by atoms with Crippen molar-refractivity contribution in [3.05, 3.63) is 97.1 Å². The van der Waals surface area contributed by atoms with Crippen molar-refractivity contribution in [3.63, 3.8) is 0 Å². The van der Waals surface area contributed by atoms with E-state index in [2.05, 4.69) is 0 Å². The first-order valence-electron chi connectivity index (χ1n) is 9.76. The summed E-state index contributed by atoms with van der Waals surface area (Å²) in [5.41, 5.74) is 3.41. The molecule has 0 bridgehead atoms. The first-order valence-corrected chi connectivity index (χ1v) is 15.0. The van der Waals surface area contributed by atoms with Crippen LogP contribution in [0.15, 0.2) is 97.1 Å². The van der Waals surface area contributed by atoms with Crippen molar-refractivity contribution in [2.75, 3.05) is 0 Å². The SMILES string of the molecule is C.O=P1(SP2(=O)Oc3ccccc3-c3ccccc32)Oc2ccccc2-c2ccccc21. The van der Waals surface area contributed by atoms with Gasteiger partial charge in [-0.05, 0) is 24.3 Å². The van der Waals surface area contributed by atoms with Gasteiger partial charge in [0.15, 0.2) is 0 Å². The Labute approximate surface area is 191 Å². The summed E-state index contributed by atoms with van der Waals surface area (Å²) in [5, 5.41) is 1.10. The third kappa shape index (κ3) is 3.16. The summed E-state index contributed by atoms with van der Waals surface area (Å²) in [6, 6.07) is 29.8. The molecule has 2 aliphatic rings. The largest absolute Gasteiger partial charge is 0.432 e. The van der Waals surface area contributed by atoms with Crippen molar-refractivity contribution >= 4 is 34.8 Å². The van der Waals surface area contributed by atoms with Gasteiger partial charge in [-0.3, -0.25) is 9.13 Å². The molecular formula is C25H20O4P2S. The molecule has 0 N–H and O–H groups in total. The number of rotatable bonds is 2. The van der Waals surface area contributed by atoms with Crippen molar-refractivity contribution in [3.8, 4) is 33.8 Å². The molecule has 2 aliphatic heterocycles. The minimum Gasteiger partial charge on any atom is -0.432 e. The summed E-state index contributed by atoms with van der Waals surface area (Å²) >= 11 is 0.825. The number of hydrogen-bond donors (Lipinski definition) is 0. The van der Waals surface area contributed by atoms with Gasteiger partial charge in [0, 0.05) is 22.3 Å². The van der Waals surface area contributed by atoms with Crippen LogP contribution in [0.2, 0.25) is 0 Å². The Kier molecular flexibility index (Phi) is 5.09. The lowest BCUT2D eigenvalue weighted by molar-refractivity contribution is 0.504. The maximum absolute atomic E-state index is 14.3. The second-order valence-corrected chi connectivity index (χ2v) is 15.6. The molecule has 32 heavy (non-hydrogen) atoms. The molecule has 0 saturated heterocycles. The molecule has 0 amide bonds. The molecule has 4 aromatic carbocycles. The van der Waals surface area contributed by atoms with Crippen LogP contribution in [0.5, 0.6) is 11.5 Å². The number of benzene rings is 4. The molecule has 0 aliphatic carbocycles. The Morgan fingerprint density at radius 3 is 1.28 bits per heavy atom. The van der Waals surface area contributed by atoms with E-state index >= 15 is 0 Å². The van der Waals surface area contributed by atoms with Gasteiger partial charge in [0.1, 0.15) is 11.5 Å². The molecule has 0 fully saturated rings.